The molecule has 122 valence electrons. The number of aromatic nitrogens is 5. The Morgan fingerprint density at radius 3 is 2.68 bits per heavy atom. The van der Waals surface area contributed by atoms with Crippen molar-refractivity contribution in [2.45, 2.75) is 19.9 Å². The van der Waals surface area contributed by atoms with E-state index in [1.807, 2.05) is 19.9 Å². The normalized spacial score (nSPS) is 10.4. The van der Waals surface area contributed by atoms with Gasteiger partial charge in [0.2, 0.25) is 0 Å². The van der Waals surface area contributed by atoms with Gasteiger partial charge in [0.15, 0.2) is 5.82 Å². The van der Waals surface area contributed by atoms with E-state index in [2.05, 4.69) is 25.6 Å². The Balaban J connectivity index is 0.00000225. The van der Waals surface area contributed by atoms with Gasteiger partial charge in [-0.05, 0) is 26.0 Å². The minimum atomic E-state index is -1.28. The van der Waals surface area contributed by atoms with Crippen LogP contribution in [0.2, 0.25) is 0 Å². The van der Waals surface area contributed by atoms with Gasteiger partial charge in [0.05, 0.1) is 24.1 Å². The molecule has 0 bridgehead atoms. The summed E-state index contributed by atoms with van der Waals surface area (Å²) in [5.74, 6) is -0.780. The molecular weight excluding hydrogens is 315 g/mol. The Labute approximate surface area is 156 Å². The molecule has 3 heterocycles. The van der Waals surface area contributed by atoms with Gasteiger partial charge in [-0.3, -0.25) is 0 Å². The van der Waals surface area contributed by atoms with Crippen molar-refractivity contribution < 1.29 is 28.8 Å². The number of carboxylic acids is 1. The predicted molar refractivity (Wildman–Crippen MR) is 85.5 cm³/mol. The van der Waals surface area contributed by atoms with Gasteiger partial charge in [-0.1, -0.05) is 0 Å². The Morgan fingerprint density at radius 2 is 2.04 bits per heavy atom. The Bertz CT molecular complexity index is 866. The van der Waals surface area contributed by atoms with E-state index in [-0.39, 0.29) is 30.5 Å². The minimum Gasteiger partial charge on any atom is -0.545 e. The van der Waals surface area contributed by atoms with Crippen molar-refractivity contribution >= 4 is 11.7 Å². The van der Waals surface area contributed by atoms with Crippen molar-refractivity contribution in [2.24, 2.45) is 0 Å². The number of rotatable bonds is 5. The summed E-state index contributed by atoms with van der Waals surface area (Å²) >= 11 is 0. The van der Waals surface area contributed by atoms with Crippen molar-refractivity contribution in [3.05, 3.63) is 48.5 Å². The molecule has 3 aromatic rings. The van der Waals surface area contributed by atoms with Crippen LogP contribution in [0.5, 0.6) is 0 Å². The fourth-order valence-corrected chi connectivity index (χ4v) is 2.21. The molecule has 3 aromatic heterocycles. The second-order valence-electron chi connectivity index (χ2n) is 5.45. The molecule has 8 nitrogen and oxygen atoms in total. The molecule has 0 saturated heterocycles. The average molecular weight is 330 g/mol. The van der Waals surface area contributed by atoms with Gasteiger partial charge in [0.25, 0.3) is 0 Å². The van der Waals surface area contributed by atoms with Gasteiger partial charge < -0.3 is 15.2 Å². The maximum atomic E-state index is 11.2. The minimum absolute atomic E-state index is 0. The van der Waals surface area contributed by atoms with Crippen LogP contribution >= 0.6 is 0 Å². The zero-order chi connectivity index (χ0) is 17.1. The number of carbonyl (C=O) groups excluding carboxylic acids is 1. The summed E-state index contributed by atoms with van der Waals surface area (Å²) in [5, 5.41) is 26.3. The maximum Gasteiger partial charge on any atom is 1.00 e. The summed E-state index contributed by atoms with van der Waals surface area (Å²) in [6.45, 7) is 3.84. The monoisotopic (exact) mass is 330 g/mol. The van der Waals surface area contributed by atoms with Crippen molar-refractivity contribution in [1.29, 1.82) is 0 Å². The number of carboxylic acid groups (broad SMARTS) is 1. The van der Waals surface area contributed by atoms with Gasteiger partial charge in [-0.2, -0.15) is 15.3 Å². The SMILES string of the molecule is CC(C)Nc1cc(-n2ccc(-c3ccnnc3)n2)ncc1C(=O)[O-].[Li+]. The third-order valence-electron chi connectivity index (χ3n) is 3.26. The van der Waals surface area contributed by atoms with Crippen LogP contribution < -0.4 is 29.3 Å². The molecule has 0 saturated carbocycles. The third-order valence-corrected chi connectivity index (χ3v) is 3.26. The molecule has 0 fully saturated rings. The quantitative estimate of drug-likeness (QED) is 0.534. The third kappa shape index (κ3) is 4.24. The number of anilines is 1. The number of carbonyl (C=O) groups is 1. The molecule has 25 heavy (non-hydrogen) atoms. The number of hydrogen-bond donors (Lipinski definition) is 1. The Morgan fingerprint density at radius 1 is 1.24 bits per heavy atom. The summed E-state index contributed by atoms with van der Waals surface area (Å²) in [6, 6.07) is 5.32. The molecule has 0 aliphatic carbocycles. The molecule has 0 radical (unpaired) electrons. The molecule has 0 amide bonds. The van der Waals surface area contributed by atoms with Crippen LogP contribution in [0.15, 0.2) is 43.0 Å². The number of aromatic carboxylic acids is 1. The van der Waals surface area contributed by atoms with Crippen molar-refractivity contribution in [1.82, 2.24) is 25.0 Å². The molecule has 0 aliphatic rings. The van der Waals surface area contributed by atoms with E-state index in [1.54, 1.807) is 35.4 Å². The standard InChI is InChI=1S/C16H16N6O2.Li/c1-10(2)20-14-7-15(17-9-12(14)16(23)24)22-6-4-13(21-22)11-3-5-18-19-8-11;/h3-10H,1-2H3,(H,17,20)(H,23,24);/q;+1/p-1. The fraction of sp³-hybridized carbons (Fsp3) is 0.188. The molecule has 0 spiro atoms. The summed E-state index contributed by atoms with van der Waals surface area (Å²) in [6.07, 6.45) is 6.22. The molecule has 0 atom stereocenters. The number of hydrogen-bond acceptors (Lipinski definition) is 7. The molecule has 0 aromatic carbocycles. The zero-order valence-corrected chi connectivity index (χ0v) is 14.2. The maximum absolute atomic E-state index is 11.2. The smallest absolute Gasteiger partial charge is 0.545 e. The predicted octanol–water partition coefficient (Wildman–Crippen LogP) is -2.09. The number of nitrogens with zero attached hydrogens (tertiary/aromatic N) is 5. The van der Waals surface area contributed by atoms with E-state index in [0.717, 1.165) is 5.56 Å². The van der Waals surface area contributed by atoms with E-state index >= 15 is 0 Å². The van der Waals surface area contributed by atoms with Gasteiger partial charge in [-0.15, -0.1) is 0 Å². The first-order valence-electron chi connectivity index (χ1n) is 7.35. The Kier molecular flexibility index (Phi) is 5.91. The van der Waals surface area contributed by atoms with Crippen LogP contribution in [0.3, 0.4) is 0 Å². The molecule has 0 aliphatic heterocycles. The second kappa shape index (κ2) is 7.92. The van der Waals surface area contributed by atoms with Crippen molar-refractivity contribution in [3.63, 3.8) is 0 Å². The van der Waals surface area contributed by atoms with Crippen LogP contribution in [0.25, 0.3) is 17.1 Å². The first-order valence-corrected chi connectivity index (χ1v) is 7.35. The molecule has 3 rings (SSSR count). The van der Waals surface area contributed by atoms with Crippen LogP contribution in [0, 0.1) is 0 Å². The Hall–Kier alpha value is -2.69. The largest absolute Gasteiger partial charge is 1.00 e. The van der Waals surface area contributed by atoms with Gasteiger partial charge in [0, 0.05) is 41.3 Å². The van der Waals surface area contributed by atoms with Crippen LogP contribution in [-0.2, 0) is 0 Å². The first kappa shape index (κ1) is 18.6. The zero-order valence-electron chi connectivity index (χ0n) is 14.2. The number of pyridine rings is 1. The molecule has 0 unspecified atom stereocenters. The van der Waals surface area contributed by atoms with E-state index in [1.165, 1.54) is 6.20 Å². The van der Waals surface area contributed by atoms with Crippen LogP contribution in [-0.4, -0.2) is 37.0 Å². The van der Waals surface area contributed by atoms with Gasteiger partial charge in [-0.25, -0.2) is 9.67 Å². The number of nitrogens with one attached hydrogen (secondary N) is 1. The van der Waals surface area contributed by atoms with Crippen LogP contribution in [0.4, 0.5) is 5.69 Å². The average Bonchev–Trinajstić information content (AvgIpc) is 3.05. The first-order chi connectivity index (χ1) is 11.5. The van der Waals surface area contributed by atoms with Crippen LogP contribution in [0.1, 0.15) is 24.2 Å². The summed E-state index contributed by atoms with van der Waals surface area (Å²) in [4.78, 5) is 15.4. The van der Waals surface area contributed by atoms with E-state index in [4.69, 9.17) is 0 Å². The van der Waals surface area contributed by atoms with Crippen molar-refractivity contribution in [3.8, 4) is 17.1 Å². The van der Waals surface area contributed by atoms with E-state index < -0.39 is 5.97 Å². The van der Waals surface area contributed by atoms with Crippen molar-refractivity contribution in [2.75, 3.05) is 5.32 Å². The summed E-state index contributed by atoms with van der Waals surface area (Å²) in [5.41, 5.74) is 2.00. The summed E-state index contributed by atoms with van der Waals surface area (Å²) < 4.78 is 1.57. The molecule has 1 N–H and O–H groups in total. The van der Waals surface area contributed by atoms with Gasteiger partial charge in [0.1, 0.15) is 0 Å². The van der Waals surface area contributed by atoms with Gasteiger partial charge >= 0.3 is 18.9 Å². The van der Waals surface area contributed by atoms with E-state index in [9.17, 15) is 9.90 Å². The topological polar surface area (TPSA) is 109 Å². The fourth-order valence-electron chi connectivity index (χ4n) is 2.21. The second-order valence-corrected chi connectivity index (χ2v) is 5.45. The molecule has 9 heteroatoms. The van der Waals surface area contributed by atoms with E-state index in [0.29, 0.717) is 17.2 Å². The summed E-state index contributed by atoms with van der Waals surface area (Å²) in [7, 11) is 0. The molecular formula is C16H15LiN6O2.